The third-order valence-electron chi connectivity index (χ3n) is 3.73. The number of aliphatic hydroxyl groups excluding tert-OH is 1. The Morgan fingerprint density at radius 2 is 1.62 bits per heavy atom. The molecule has 0 aromatic heterocycles. The van der Waals surface area contributed by atoms with E-state index in [2.05, 4.69) is 0 Å². The summed E-state index contributed by atoms with van der Waals surface area (Å²) in [6.45, 7) is 0.869. The first-order chi connectivity index (χ1) is 10.3. The van der Waals surface area contributed by atoms with Crippen LogP contribution in [-0.4, -0.2) is 18.0 Å². The molecule has 2 aromatic rings. The molecule has 0 saturated carbocycles. The number of benzene rings is 2. The maximum Gasteiger partial charge on any atom is 0.199 e. The first-order valence-electron chi connectivity index (χ1n) is 7.43. The van der Waals surface area contributed by atoms with Crippen molar-refractivity contribution < 1.29 is 14.6 Å². The summed E-state index contributed by atoms with van der Waals surface area (Å²) in [4.78, 5) is 0. The Morgan fingerprint density at radius 3 is 2.19 bits per heavy atom. The van der Waals surface area contributed by atoms with Gasteiger partial charge in [-0.15, -0.1) is 0 Å². The highest BCUT2D eigenvalue weighted by Gasteiger charge is 2.14. The molecule has 0 amide bonds. The lowest BCUT2D eigenvalue weighted by Crippen LogP contribution is -2.24. The summed E-state index contributed by atoms with van der Waals surface area (Å²) in [6, 6.07) is 16.0. The van der Waals surface area contributed by atoms with Crippen molar-refractivity contribution >= 4 is 0 Å². The van der Waals surface area contributed by atoms with Gasteiger partial charge in [0.05, 0.1) is 13.2 Å². The fourth-order valence-electron chi connectivity index (χ4n) is 2.48. The SMILES string of the molecule is OCc1ccc(-c2ccc(OC3CCCCO3)cc2)cc1. The van der Waals surface area contributed by atoms with Crippen molar-refractivity contribution in [2.45, 2.75) is 32.2 Å². The number of rotatable bonds is 4. The largest absolute Gasteiger partial charge is 0.465 e. The fourth-order valence-corrected chi connectivity index (χ4v) is 2.48. The molecular formula is C18H20O3. The van der Waals surface area contributed by atoms with Gasteiger partial charge in [0.25, 0.3) is 0 Å². The molecule has 3 heteroatoms. The van der Waals surface area contributed by atoms with Crippen LogP contribution in [0.2, 0.25) is 0 Å². The molecule has 1 unspecified atom stereocenters. The molecule has 1 N–H and O–H groups in total. The standard InChI is InChI=1S/C18H20O3/c19-13-14-4-6-15(7-5-14)16-8-10-17(11-9-16)21-18-3-1-2-12-20-18/h4-11,18-19H,1-3,12-13H2. The van der Waals surface area contributed by atoms with Gasteiger partial charge in [-0.25, -0.2) is 0 Å². The van der Waals surface area contributed by atoms with Crippen LogP contribution in [0.15, 0.2) is 48.5 Å². The molecule has 1 aliphatic heterocycles. The Bertz CT molecular complexity index is 554. The van der Waals surface area contributed by atoms with Crippen molar-refractivity contribution in [3.8, 4) is 16.9 Å². The minimum absolute atomic E-state index is 0.0778. The average Bonchev–Trinajstić information content (AvgIpc) is 2.57. The highest BCUT2D eigenvalue weighted by Crippen LogP contribution is 2.24. The number of hydrogen-bond acceptors (Lipinski definition) is 3. The van der Waals surface area contributed by atoms with Crippen molar-refractivity contribution in [2.24, 2.45) is 0 Å². The first kappa shape index (κ1) is 14.1. The van der Waals surface area contributed by atoms with Crippen molar-refractivity contribution in [3.63, 3.8) is 0 Å². The second-order valence-electron chi connectivity index (χ2n) is 5.29. The van der Waals surface area contributed by atoms with Crippen LogP contribution in [0, 0.1) is 0 Å². The molecule has 0 radical (unpaired) electrons. The van der Waals surface area contributed by atoms with Gasteiger partial charge < -0.3 is 14.6 Å². The van der Waals surface area contributed by atoms with E-state index < -0.39 is 0 Å². The predicted molar refractivity (Wildman–Crippen MR) is 82.0 cm³/mol. The molecule has 0 aliphatic carbocycles. The van der Waals surface area contributed by atoms with Gasteiger partial charge in [-0.1, -0.05) is 36.4 Å². The Kier molecular flexibility index (Phi) is 4.53. The molecule has 3 rings (SSSR count). The number of ether oxygens (including phenoxy) is 2. The van der Waals surface area contributed by atoms with E-state index in [1.165, 1.54) is 6.42 Å². The monoisotopic (exact) mass is 284 g/mol. The van der Waals surface area contributed by atoms with Crippen LogP contribution in [0.4, 0.5) is 0 Å². The van der Waals surface area contributed by atoms with Gasteiger partial charge in [0.2, 0.25) is 0 Å². The van der Waals surface area contributed by atoms with Crippen molar-refractivity contribution in [1.29, 1.82) is 0 Å². The van der Waals surface area contributed by atoms with E-state index in [0.717, 1.165) is 41.9 Å². The van der Waals surface area contributed by atoms with Gasteiger partial charge >= 0.3 is 0 Å². The van der Waals surface area contributed by atoms with Crippen LogP contribution in [0.3, 0.4) is 0 Å². The molecule has 0 spiro atoms. The molecule has 110 valence electrons. The Balaban J connectivity index is 1.67. The first-order valence-corrected chi connectivity index (χ1v) is 7.43. The minimum atomic E-state index is -0.103. The fraction of sp³-hybridized carbons (Fsp3) is 0.333. The van der Waals surface area contributed by atoms with E-state index in [-0.39, 0.29) is 12.9 Å². The third kappa shape index (κ3) is 3.63. The zero-order valence-corrected chi connectivity index (χ0v) is 12.0. The lowest BCUT2D eigenvalue weighted by molar-refractivity contribution is -0.105. The molecular weight excluding hydrogens is 264 g/mol. The quantitative estimate of drug-likeness (QED) is 0.929. The van der Waals surface area contributed by atoms with Crippen molar-refractivity contribution in [1.82, 2.24) is 0 Å². The maximum atomic E-state index is 9.06. The van der Waals surface area contributed by atoms with Gasteiger partial charge in [0.1, 0.15) is 5.75 Å². The lowest BCUT2D eigenvalue weighted by atomic mass is 10.0. The average molecular weight is 284 g/mol. The molecule has 1 heterocycles. The zero-order valence-electron chi connectivity index (χ0n) is 12.0. The molecule has 21 heavy (non-hydrogen) atoms. The van der Waals surface area contributed by atoms with Gasteiger partial charge in [-0.3, -0.25) is 0 Å². The molecule has 1 fully saturated rings. The second-order valence-corrected chi connectivity index (χ2v) is 5.29. The maximum absolute atomic E-state index is 9.06. The van der Waals surface area contributed by atoms with E-state index >= 15 is 0 Å². The van der Waals surface area contributed by atoms with E-state index in [1.807, 2.05) is 48.5 Å². The highest BCUT2D eigenvalue weighted by atomic mass is 16.7. The third-order valence-corrected chi connectivity index (χ3v) is 3.73. The Morgan fingerprint density at radius 1 is 0.952 bits per heavy atom. The lowest BCUT2D eigenvalue weighted by Gasteiger charge is -2.23. The second kappa shape index (κ2) is 6.74. The van der Waals surface area contributed by atoms with E-state index in [4.69, 9.17) is 14.6 Å². The van der Waals surface area contributed by atoms with Crippen LogP contribution < -0.4 is 4.74 Å². The van der Waals surface area contributed by atoms with Gasteiger partial charge in [-0.05, 0) is 41.7 Å². The van der Waals surface area contributed by atoms with Crippen molar-refractivity contribution in [2.75, 3.05) is 6.61 Å². The molecule has 0 bridgehead atoms. The smallest absolute Gasteiger partial charge is 0.199 e. The minimum Gasteiger partial charge on any atom is -0.465 e. The van der Waals surface area contributed by atoms with Crippen LogP contribution in [0.25, 0.3) is 11.1 Å². The molecule has 1 atom stereocenters. The van der Waals surface area contributed by atoms with Crippen LogP contribution in [-0.2, 0) is 11.3 Å². The summed E-state index contributed by atoms with van der Waals surface area (Å²) in [5.74, 6) is 0.845. The predicted octanol–water partition coefficient (Wildman–Crippen LogP) is 3.75. The van der Waals surface area contributed by atoms with Crippen molar-refractivity contribution in [3.05, 3.63) is 54.1 Å². The normalized spacial score (nSPS) is 18.4. The van der Waals surface area contributed by atoms with Gasteiger partial charge in [0, 0.05) is 6.42 Å². The number of hydrogen-bond donors (Lipinski definition) is 1. The summed E-state index contributed by atoms with van der Waals surface area (Å²) in [7, 11) is 0. The Hall–Kier alpha value is -1.84. The molecule has 3 nitrogen and oxygen atoms in total. The summed E-state index contributed by atoms with van der Waals surface area (Å²) < 4.78 is 11.4. The Labute approximate surface area is 125 Å². The van der Waals surface area contributed by atoms with Gasteiger partial charge in [0.15, 0.2) is 6.29 Å². The van der Waals surface area contributed by atoms with Crippen LogP contribution in [0.1, 0.15) is 24.8 Å². The molecule has 1 aliphatic rings. The van der Waals surface area contributed by atoms with Crippen LogP contribution in [0.5, 0.6) is 5.75 Å². The summed E-state index contributed by atoms with van der Waals surface area (Å²) in [6.07, 6.45) is 3.15. The molecule has 2 aromatic carbocycles. The highest BCUT2D eigenvalue weighted by molar-refractivity contribution is 5.64. The summed E-state index contributed by atoms with van der Waals surface area (Å²) in [5.41, 5.74) is 3.19. The number of aliphatic hydroxyl groups is 1. The molecule has 1 saturated heterocycles. The van der Waals surface area contributed by atoms with E-state index in [9.17, 15) is 0 Å². The topological polar surface area (TPSA) is 38.7 Å². The van der Waals surface area contributed by atoms with E-state index in [1.54, 1.807) is 0 Å². The van der Waals surface area contributed by atoms with E-state index in [0.29, 0.717) is 0 Å². The summed E-state index contributed by atoms with van der Waals surface area (Å²) in [5, 5.41) is 9.06. The zero-order chi connectivity index (χ0) is 14.5. The van der Waals surface area contributed by atoms with Crippen LogP contribution >= 0.6 is 0 Å². The summed E-state index contributed by atoms with van der Waals surface area (Å²) >= 11 is 0. The van der Waals surface area contributed by atoms with Gasteiger partial charge in [-0.2, -0.15) is 0 Å².